The van der Waals surface area contributed by atoms with Gasteiger partial charge in [-0.3, -0.25) is 9.59 Å². The Morgan fingerprint density at radius 3 is 2.75 bits per heavy atom. The Hall–Kier alpha value is -1.55. The van der Waals surface area contributed by atoms with Crippen LogP contribution in [0.15, 0.2) is 18.2 Å². The van der Waals surface area contributed by atoms with Gasteiger partial charge in [-0.25, -0.2) is 0 Å². The van der Waals surface area contributed by atoms with Crippen molar-refractivity contribution in [2.45, 2.75) is 6.92 Å². The Labute approximate surface area is 99.0 Å². The van der Waals surface area contributed by atoms with Crippen molar-refractivity contribution in [3.63, 3.8) is 0 Å². The fraction of sp³-hybridized carbons (Fsp3) is 0.273. The van der Waals surface area contributed by atoms with Gasteiger partial charge in [-0.05, 0) is 25.1 Å². The summed E-state index contributed by atoms with van der Waals surface area (Å²) in [5.41, 5.74) is 6.26. The van der Waals surface area contributed by atoms with Crippen molar-refractivity contribution in [1.82, 2.24) is 0 Å². The third kappa shape index (κ3) is 2.97. The second-order valence-corrected chi connectivity index (χ2v) is 3.74. The molecule has 0 aromatic heterocycles. The number of aldehydes is 1. The van der Waals surface area contributed by atoms with Crippen molar-refractivity contribution in [2.24, 2.45) is 5.73 Å². The maximum atomic E-state index is 10.9. The summed E-state index contributed by atoms with van der Waals surface area (Å²) < 4.78 is 0. The van der Waals surface area contributed by atoms with E-state index in [1.165, 1.54) is 0 Å². The fourth-order valence-electron chi connectivity index (χ4n) is 1.45. The van der Waals surface area contributed by atoms with Gasteiger partial charge >= 0.3 is 0 Å². The van der Waals surface area contributed by atoms with Gasteiger partial charge in [0.05, 0.1) is 6.54 Å². The number of rotatable bonds is 5. The lowest BCUT2D eigenvalue weighted by Gasteiger charge is -2.22. The highest BCUT2D eigenvalue weighted by Gasteiger charge is 2.12. The molecule has 4 nitrogen and oxygen atoms in total. The van der Waals surface area contributed by atoms with Gasteiger partial charge in [0.25, 0.3) is 0 Å². The quantitative estimate of drug-likeness (QED) is 0.793. The lowest BCUT2D eigenvalue weighted by molar-refractivity contribution is -0.116. The van der Waals surface area contributed by atoms with Gasteiger partial charge < -0.3 is 10.6 Å². The Bertz CT molecular complexity index is 407. The number of halogens is 1. The largest absolute Gasteiger partial charge is 0.368 e. The lowest BCUT2D eigenvalue weighted by Crippen LogP contribution is -2.34. The van der Waals surface area contributed by atoms with Crippen molar-refractivity contribution in [3.05, 3.63) is 28.8 Å². The van der Waals surface area contributed by atoms with Crippen LogP contribution in [0.25, 0.3) is 0 Å². The van der Waals surface area contributed by atoms with Crippen LogP contribution in [0.4, 0.5) is 5.69 Å². The van der Waals surface area contributed by atoms with Crippen LogP contribution in [0, 0.1) is 0 Å². The summed E-state index contributed by atoms with van der Waals surface area (Å²) in [6, 6.07) is 4.90. The maximum Gasteiger partial charge on any atom is 0.236 e. The molecule has 2 N–H and O–H groups in total. The van der Waals surface area contributed by atoms with Gasteiger partial charge in [0, 0.05) is 22.8 Å². The summed E-state index contributed by atoms with van der Waals surface area (Å²) in [7, 11) is 0. The molecule has 0 radical (unpaired) electrons. The number of hydrogen-bond acceptors (Lipinski definition) is 3. The number of hydrogen-bond donors (Lipinski definition) is 1. The van der Waals surface area contributed by atoms with Gasteiger partial charge in [0.1, 0.15) is 0 Å². The maximum absolute atomic E-state index is 10.9. The zero-order valence-electron chi connectivity index (χ0n) is 8.94. The summed E-state index contributed by atoms with van der Waals surface area (Å²) >= 11 is 5.85. The van der Waals surface area contributed by atoms with Crippen LogP contribution < -0.4 is 10.6 Å². The van der Waals surface area contributed by atoms with E-state index in [0.717, 1.165) is 6.29 Å². The Balaban J connectivity index is 3.11. The van der Waals surface area contributed by atoms with E-state index in [1.54, 1.807) is 23.1 Å². The molecule has 1 aromatic carbocycles. The molecule has 0 aliphatic rings. The molecule has 5 heteroatoms. The molecule has 0 fully saturated rings. The van der Waals surface area contributed by atoms with Crippen LogP contribution in [0.5, 0.6) is 0 Å². The summed E-state index contributed by atoms with van der Waals surface area (Å²) in [5, 5.41) is 0.517. The summed E-state index contributed by atoms with van der Waals surface area (Å²) in [6.45, 7) is 2.51. The molecule has 0 aliphatic carbocycles. The molecule has 0 saturated carbocycles. The molecule has 1 amide bonds. The van der Waals surface area contributed by atoms with Crippen LogP contribution >= 0.6 is 11.6 Å². The van der Waals surface area contributed by atoms with Crippen LogP contribution in [0.1, 0.15) is 17.3 Å². The van der Waals surface area contributed by atoms with Gasteiger partial charge in [-0.1, -0.05) is 11.6 Å². The van der Waals surface area contributed by atoms with E-state index >= 15 is 0 Å². The lowest BCUT2D eigenvalue weighted by atomic mass is 10.1. The topological polar surface area (TPSA) is 63.4 Å². The summed E-state index contributed by atoms with van der Waals surface area (Å²) in [4.78, 5) is 23.5. The zero-order valence-corrected chi connectivity index (χ0v) is 9.70. The minimum Gasteiger partial charge on any atom is -0.368 e. The van der Waals surface area contributed by atoms with E-state index in [2.05, 4.69) is 0 Å². The molecule has 0 heterocycles. The van der Waals surface area contributed by atoms with Crippen molar-refractivity contribution in [3.8, 4) is 0 Å². The molecule has 0 bridgehead atoms. The number of nitrogens with zero attached hydrogens (tertiary/aromatic N) is 1. The molecule has 1 aromatic rings. The van der Waals surface area contributed by atoms with Gasteiger partial charge in [-0.15, -0.1) is 0 Å². The van der Waals surface area contributed by atoms with E-state index in [4.69, 9.17) is 17.3 Å². The minimum absolute atomic E-state index is 0.0671. The molecular weight excluding hydrogens is 228 g/mol. The van der Waals surface area contributed by atoms with Gasteiger partial charge in [0.15, 0.2) is 6.29 Å². The molecule has 0 saturated heterocycles. The first-order chi connectivity index (χ1) is 7.58. The molecule has 0 spiro atoms. The van der Waals surface area contributed by atoms with E-state index in [0.29, 0.717) is 22.8 Å². The van der Waals surface area contributed by atoms with Crippen LogP contribution in [0.2, 0.25) is 5.02 Å². The van der Waals surface area contributed by atoms with Crippen molar-refractivity contribution in [1.29, 1.82) is 0 Å². The van der Waals surface area contributed by atoms with E-state index in [9.17, 15) is 9.59 Å². The number of anilines is 1. The third-order valence-electron chi connectivity index (χ3n) is 2.19. The number of nitrogens with two attached hydrogens (primary N) is 1. The van der Waals surface area contributed by atoms with E-state index < -0.39 is 5.91 Å². The van der Waals surface area contributed by atoms with Crippen molar-refractivity contribution >= 4 is 29.5 Å². The third-order valence-corrected chi connectivity index (χ3v) is 2.42. The highest BCUT2D eigenvalue weighted by molar-refractivity contribution is 6.31. The number of likely N-dealkylation sites (N-methyl/N-ethyl adjacent to an activating group) is 1. The molecule has 1 rings (SSSR count). The Morgan fingerprint density at radius 2 is 2.25 bits per heavy atom. The number of amides is 1. The average molecular weight is 241 g/mol. The highest BCUT2D eigenvalue weighted by Crippen LogP contribution is 2.23. The number of carbonyl (C=O) groups excluding carboxylic acids is 2. The molecular formula is C11H13ClN2O2. The summed E-state index contributed by atoms with van der Waals surface area (Å²) in [6.07, 6.45) is 0.731. The van der Waals surface area contributed by atoms with E-state index in [1.807, 2.05) is 6.92 Å². The Morgan fingerprint density at radius 1 is 1.56 bits per heavy atom. The van der Waals surface area contributed by atoms with Crippen LogP contribution in [-0.4, -0.2) is 25.3 Å². The molecule has 86 valence electrons. The second kappa shape index (κ2) is 5.51. The molecule has 0 atom stereocenters. The van der Waals surface area contributed by atoms with E-state index in [-0.39, 0.29) is 6.54 Å². The normalized spacial score (nSPS) is 9.88. The molecule has 0 unspecified atom stereocenters. The summed E-state index contributed by atoms with van der Waals surface area (Å²) in [5.74, 6) is -0.446. The van der Waals surface area contributed by atoms with Crippen LogP contribution in [-0.2, 0) is 4.79 Å². The first kappa shape index (κ1) is 12.5. The van der Waals surface area contributed by atoms with Gasteiger partial charge in [-0.2, -0.15) is 0 Å². The first-order valence-corrected chi connectivity index (χ1v) is 5.24. The average Bonchev–Trinajstić information content (AvgIpc) is 2.25. The zero-order chi connectivity index (χ0) is 12.1. The predicted molar refractivity (Wildman–Crippen MR) is 63.9 cm³/mol. The van der Waals surface area contributed by atoms with Gasteiger partial charge in [0.2, 0.25) is 5.91 Å². The molecule has 16 heavy (non-hydrogen) atoms. The monoisotopic (exact) mass is 240 g/mol. The standard InChI is InChI=1S/C11H13ClN2O2/c1-2-14(6-11(13)16)10-5-9(12)4-3-8(10)7-15/h3-5,7H,2,6H2,1H3,(H2,13,16). The van der Waals surface area contributed by atoms with Crippen molar-refractivity contribution < 1.29 is 9.59 Å². The fourth-order valence-corrected chi connectivity index (χ4v) is 1.61. The van der Waals surface area contributed by atoms with Crippen LogP contribution in [0.3, 0.4) is 0 Å². The first-order valence-electron chi connectivity index (χ1n) is 4.86. The highest BCUT2D eigenvalue weighted by atomic mass is 35.5. The number of benzene rings is 1. The SMILES string of the molecule is CCN(CC(N)=O)c1cc(Cl)ccc1C=O. The van der Waals surface area contributed by atoms with Crippen molar-refractivity contribution in [2.75, 3.05) is 18.0 Å². The predicted octanol–water partition coefficient (Wildman–Crippen LogP) is 1.46. The minimum atomic E-state index is -0.446. The molecule has 0 aliphatic heterocycles. The smallest absolute Gasteiger partial charge is 0.236 e. The number of carbonyl (C=O) groups is 2. The number of primary amides is 1. The second-order valence-electron chi connectivity index (χ2n) is 3.30. The Kier molecular flexibility index (Phi) is 4.31.